The number of carbonyl (C=O) groups excluding carboxylic acids is 1. The van der Waals surface area contributed by atoms with Crippen LogP contribution in [0.5, 0.6) is 11.5 Å². The summed E-state index contributed by atoms with van der Waals surface area (Å²) < 4.78 is 13.5. The number of aryl methyl sites for hydroxylation is 1. The fraction of sp³-hybridized carbons (Fsp3) is 0.176. The van der Waals surface area contributed by atoms with Gasteiger partial charge in [0.2, 0.25) is 0 Å². The van der Waals surface area contributed by atoms with Gasteiger partial charge in [0.1, 0.15) is 0 Å². The molecule has 0 radical (unpaired) electrons. The molecule has 2 aromatic carbocycles. The Morgan fingerprint density at radius 2 is 1.87 bits per heavy atom. The fourth-order valence-electron chi connectivity index (χ4n) is 2.39. The van der Waals surface area contributed by atoms with Crippen LogP contribution in [0, 0.1) is 0 Å². The average molecular weight is 328 g/mol. The maximum absolute atomic E-state index is 12.6. The standard InChI is InChI=1S/C17H16N2O3S/c1-19-12-8-4-5-10-14(12)23-17(19)18-16(20)11-7-6-9-13(21-2)15(11)22-3/h4-10H,1-3H3. The number of hydrogen-bond acceptors (Lipinski definition) is 4. The summed E-state index contributed by atoms with van der Waals surface area (Å²) in [7, 11) is 4.94. The summed E-state index contributed by atoms with van der Waals surface area (Å²) in [5.41, 5.74) is 1.42. The number of benzene rings is 2. The zero-order chi connectivity index (χ0) is 16.4. The van der Waals surface area contributed by atoms with Crippen molar-refractivity contribution in [3.05, 3.63) is 52.8 Å². The van der Waals surface area contributed by atoms with E-state index in [1.165, 1.54) is 25.6 Å². The molecule has 3 aromatic rings. The minimum Gasteiger partial charge on any atom is -0.493 e. The predicted octanol–water partition coefficient (Wildman–Crippen LogP) is 3.00. The molecule has 1 amide bonds. The van der Waals surface area contributed by atoms with Crippen LogP contribution in [0.4, 0.5) is 0 Å². The molecule has 0 aliphatic rings. The van der Waals surface area contributed by atoms with Gasteiger partial charge in [0.15, 0.2) is 16.3 Å². The van der Waals surface area contributed by atoms with E-state index in [1.54, 1.807) is 18.2 Å². The molecule has 0 aliphatic carbocycles. The van der Waals surface area contributed by atoms with Crippen LogP contribution in [0.2, 0.25) is 0 Å². The van der Waals surface area contributed by atoms with Crippen molar-refractivity contribution in [2.75, 3.05) is 14.2 Å². The van der Waals surface area contributed by atoms with E-state index in [0.717, 1.165) is 10.2 Å². The Hall–Kier alpha value is -2.60. The lowest BCUT2D eigenvalue weighted by Crippen LogP contribution is -2.13. The Morgan fingerprint density at radius 1 is 1.09 bits per heavy atom. The molecule has 0 atom stereocenters. The van der Waals surface area contributed by atoms with Gasteiger partial charge in [-0.05, 0) is 24.3 Å². The summed E-state index contributed by atoms with van der Waals surface area (Å²) in [6.07, 6.45) is 0. The van der Waals surface area contributed by atoms with E-state index in [4.69, 9.17) is 9.47 Å². The van der Waals surface area contributed by atoms with Gasteiger partial charge in [0, 0.05) is 7.05 Å². The van der Waals surface area contributed by atoms with E-state index >= 15 is 0 Å². The quantitative estimate of drug-likeness (QED) is 0.743. The van der Waals surface area contributed by atoms with Crippen LogP contribution in [0.15, 0.2) is 47.5 Å². The minimum atomic E-state index is -0.358. The topological polar surface area (TPSA) is 52.8 Å². The SMILES string of the molecule is COc1cccc(C(=O)N=c2sc3ccccc3n2C)c1OC. The molecular formula is C17H16N2O3S. The number of thiazole rings is 1. The van der Waals surface area contributed by atoms with Crippen molar-refractivity contribution in [1.29, 1.82) is 0 Å². The molecule has 3 rings (SSSR count). The number of para-hydroxylation sites is 2. The molecule has 0 saturated heterocycles. The molecule has 5 nitrogen and oxygen atoms in total. The normalized spacial score (nSPS) is 11.7. The van der Waals surface area contributed by atoms with E-state index in [-0.39, 0.29) is 5.91 Å². The minimum absolute atomic E-state index is 0.358. The van der Waals surface area contributed by atoms with Crippen LogP contribution in [-0.4, -0.2) is 24.7 Å². The molecule has 6 heteroatoms. The van der Waals surface area contributed by atoms with Gasteiger partial charge in [0.25, 0.3) is 5.91 Å². The lowest BCUT2D eigenvalue weighted by Gasteiger charge is -2.09. The molecule has 1 aromatic heterocycles. The molecule has 118 valence electrons. The number of methoxy groups -OCH3 is 2. The van der Waals surface area contributed by atoms with E-state index < -0.39 is 0 Å². The molecule has 0 N–H and O–H groups in total. The second kappa shape index (κ2) is 6.26. The maximum Gasteiger partial charge on any atom is 0.283 e. The maximum atomic E-state index is 12.6. The van der Waals surface area contributed by atoms with E-state index in [9.17, 15) is 4.79 Å². The summed E-state index contributed by atoms with van der Waals surface area (Å²) >= 11 is 1.47. The summed E-state index contributed by atoms with van der Waals surface area (Å²) in [6, 6.07) is 13.1. The third-order valence-electron chi connectivity index (χ3n) is 3.55. The third-order valence-corrected chi connectivity index (χ3v) is 4.66. The molecule has 0 aliphatic heterocycles. The lowest BCUT2D eigenvalue weighted by atomic mass is 10.2. The van der Waals surface area contributed by atoms with Gasteiger partial charge < -0.3 is 14.0 Å². The summed E-state index contributed by atoms with van der Waals surface area (Å²) in [6.45, 7) is 0. The number of aromatic nitrogens is 1. The van der Waals surface area contributed by atoms with E-state index in [1.807, 2.05) is 35.9 Å². The van der Waals surface area contributed by atoms with Crippen LogP contribution in [0.25, 0.3) is 10.2 Å². The van der Waals surface area contributed by atoms with Gasteiger partial charge in [-0.1, -0.05) is 29.5 Å². The molecule has 0 unspecified atom stereocenters. The highest BCUT2D eigenvalue weighted by molar-refractivity contribution is 7.16. The monoisotopic (exact) mass is 328 g/mol. The molecule has 0 fully saturated rings. The number of ether oxygens (including phenoxy) is 2. The van der Waals surface area contributed by atoms with Crippen molar-refractivity contribution >= 4 is 27.5 Å². The Labute approximate surface area is 137 Å². The van der Waals surface area contributed by atoms with Crippen molar-refractivity contribution in [3.63, 3.8) is 0 Å². The molecule has 1 heterocycles. The van der Waals surface area contributed by atoms with Crippen molar-refractivity contribution in [2.24, 2.45) is 12.0 Å². The molecule has 0 spiro atoms. The zero-order valence-electron chi connectivity index (χ0n) is 13.1. The van der Waals surface area contributed by atoms with Crippen molar-refractivity contribution in [3.8, 4) is 11.5 Å². The van der Waals surface area contributed by atoms with Gasteiger partial charge in [-0.25, -0.2) is 0 Å². The number of rotatable bonds is 3. The first-order valence-corrected chi connectivity index (χ1v) is 7.82. The largest absolute Gasteiger partial charge is 0.493 e. The molecular weight excluding hydrogens is 312 g/mol. The van der Waals surface area contributed by atoms with Crippen LogP contribution in [-0.2, 0) is 7.05 Å². The Morgan fingerprint density at radius 3 is 2.57 bits per heavy atom. The van der Waals surface area contributed by atoms with Gasteiger partial charge in [-0.3, -0.25) is 4.79 Å². The Bertz CT molecular complexity index is 940. The van der Waals surface area contributed by atoms with Gasteiger partial charge >= 0.3 is 0 Å². The summed E-state index contributed by atoms with van der Waals surface area (Å²) in [5, 5.41) is 0. The molecule has 23 heavy (non-hydrogen) atoms. The molecule has 0 bridgehead atoms. The molecule has 0 saturated carbocycles. The van der Waals surface area contributed by atoms with Crippen LogP contribution < -0.4 is 14.3 Å². The summed E-state index contributed by atoms with van der Waals surface area (Å²) in [5.74, 6) is 0.546. The first kappa shape index (κ1) is 15.3. The highest BCUT2D eigenvalue weighted by Gasteiger charge is 2.16. The Balaban J connectivity index is 2.12. The van der Waals surface area contributed by atoms with Crippen molar-refractivity contribution < 1.29 is 14.3 Å². The number of nitrogens with zero attached hydrogens (tertiary/aromatic N) is 2. The van der Waals surface area contributed by atoms with Crippen LogP contribution >= 0.6 is 11.3 Å². The van der Waals surface area contributed by atoms with Gasteiger partial charge in [0.05, 0.1) is 30.0 Å². The lowest BCUT2D eigenvalue weighted by molar-refractivity contribution is 0.0994. The van der Waals surface area contributed by atoms with E-state index in [0.29, 0.717) is 21.9 Å². The van der Waals surface area contributed by atoms with Crippen LogP contribution in [0.1, 0.15) is 10.4 Å². The fourth-order valence-corrected chi connectivity index (χ4v) is 3.41. The number of carbonyl (C=O) groups is 1. The zero-order valence-corrected chi connectivity index (χ0v) is 13.9. The third kappa shape index (κ3) is 2.73. The van der Waals surface area contributed by atoms with Crippen LogP contribution in [0.3, 0.4) is 0 Å². The number of amides is 1. The Kier molecular flexibility index (Phi) is 4.16. The average Bonchev–Trinajstić information content (AvgIpc) is 2.90. The second-order valence-electron chi connectivity index (χ2n) is 4.87. The number of fused-ring (bicyclic) bond motifs is 1. The highest BCUT2D eigenvalue weighted by atomic mass is 32.1. The second-order valence-corrected chi connectivity index (χ2v) is 5.88. The number of hydrogen-bond donors (Lipinski definition) is 0. The summed E-state index contributed by atoms with van der Waals surface area (Å²) in [4.78, 5) is 17.5. The van der Waals surface area contributed by atoms with Gasteiger partial charge in [-0.15, -0.1) is 0 Å². The predicted molar refractivity (Wildman–Crippen MR) is 90.2 cm³/mol. The van der Waals surface area contributed by atoms with Crippen molar-refractivity contribution in [2.45, 2.75) is 0 Å². The highest BCUT2D eigenvalue weighted by Crippen LogP contribution is 2.31. The van der Waals surface area contributed by atoms with Crippen molar-refractivity contribution in [1.82, 2.24) is 4.57 Å². The van der Waals surface area contributed by atoms with Gasteiger partial charge in [-0.2, -0.15) is 4.99 Å². The van der Waals surface area contributed by atoms with E-state index in [2.05, 4.69) is 4.99 Å². The first-order chi connectivity index (χ1) is 11.2. The smallest absolute Gasteiger partial charge is 0.283 e. The first-order valence-electron chi connectivity index (χ1n) is 7.00.